The summed E-state index contributed by atoms with van der Waals surface area (Å²) >= 11 is 0. The number of phenolic OH excluding ortho intramolecular Hbond substituents is 2. The van der Waals surface area contributed by atoms with Crippen molar-refractivity contribution in [1.82, 2.24) is 4.90 Å². The molecule has 0 unspecified atom stereocenters. The van der Waals surface area contributed by atoms with Gasteiger partial charge in [-0.25, -0.2) is 0 Å². The van der Waals surface area contributed by atoms with E-state index in [1.54, 1.807) is 19.2 Å². The Labute approximate surface area is 182 Å². The van der Waals surface area contributed by atoms with Crippen molar-refractivity contribution >= 4 is 5.91 Å². The molecule has 0 aromatic heterocycles. The first-order chi connectivity index (χ1) is 14.2. The van der Waals surface area contributed by atoms with E-state index < -0.39 is 0 Å². The van der Waals surface area contributed by atoms with E-state index in [1.165, 1.54) is 16.0 Å². The molecule has 30 heavy (non-hydrogen) atoms. The maximum Gasteiger partial charge on any atom is 0.257 e. The molecule has 166 valence electrons. The van der Waals surface area contributed by atoms with Crippen LogP contribution in [-0.4, -0.2) is 34.6 Å². The number of hydrogen-bond acceptors (Lipinski definition) is 3. The standard InChI is InChI=1S/C26H39NO3/c1-7-9-10-14-21-18-23(28)22(16-15-20(5)13-11-12-19(3)4)25(29)24(21)26(30)27(6)17-8-2/h8,12,15,18,28-29H,2,7,9-11,13-14,16-17H2,1,3-6H3/b20-15+. The van der Waals surface area contributed by atoms with Crippen molar-refractivity contribution in [3.8, 4) is 11.5 Å². The average Bonchev–Trinajstić information content (AvgIpc) is 2.67. The fourth-order valence-corrected chi connectivity index (χ4v) is 3.39. The summed E-state index contributed by atoms with van der Waals surface area (Å²) in [7, 11) is 1.69. The quantitative estimate of drug-likeness (QED) is 0.311. The number of amides is 1. The predicted octanol–water partition coefficient (Wildman–Crippen LogP) is 6.32. The molecular weight excluding hydrogens is 374 g/mol. The van der Waals surface area contributed by atoms with Crippen LogP contribution in [0, 0.1) is 0 Å². The Morgan fingerprint density at radius 1 is 1.17 bits per heavy atom. The van der Waals surface area contributed by atoms with Crippen LogP contribution in [0.15, 0.2) is 42.0 Å². The summed E-state index contributed by atoms with van der Waals surface area (Å²) in [6, 6.07) is 1.66. The molecule has 0 bridgehead atoms. The number of benzene rings is 1. The van der Waals surface area contributed by atoms with Crippen molar-refractivity contribution in [2.45, 2.75) is 72.6 Å². The Hall–Kier alpha value is -2.49. The van der Waals surface area contributed by atoms with Crippen LogP contribution in [0.25, 0.3) is 0 Å². The van der Waals surface area contributed by atoms with Crippen LogP contribution in [0.2, 0.25) is 0 Å². The van der Waals surface area contributed by atoms with Gasteiger partial charge < -0.3 is 15.1 Å². The van der Waals surface area contributed by atoms with E-state index >= 15 is 0 Å². The van der Waals surface area contributed by atoms with Crippen molar-refractivity contribution in [3.05, 3.63) is 58.7 Å². The van der Waals surface area contributed by atoms with Crippen molar-refractivity contribution < 1.29 is 15.0 Å². The highest BCUT2D eigenvalue weighted by molar-refractivity contribution is 5.99. The number of phenols is 2. The fraction of sp³-hybridized carbons (Fsp3) is 0.500. The highest BCUT2D eigenvalue weighted by Crippen LogP contribution is 2.36. The zero-order valence-electron chi connectivity index (χ0n) is 19.4. The van der Waals surface area contributed by atoms with E-state index in [4.69, 9.17) is 0 Å². The molecule has 0 fully saturated rings. The monoisotopic (exact) mass is 413 g/mol. The Balaban J connectivity index is 3.24. The molecule has 1 amide bonds. The molecular formula is C26H39NO3. The maximum absolute atomic E-state index is 13.0. The van der Waals surface area contributed by atoms with Crippen molar-refractivity contribution in [2.75, 3.05) is 13.6 Å². The molecule has 0 aliphatic heterocycles. The molecule has 2 N–H and O–H groups in total. The Morgan fingerprint density at radius 2 is 1.87 bits per heavy atom. The number of carbonyl (C=O) groups is 1. The van der Waals surface area contributed by atoms with Crippen LogP contribution in [0.3, 0.4) is 0 Å². The number of hydrogen-bond donors (Lipinski definition) is 2. The van der Waals surface area contributed by atoms with Crippen LogP contribution in [0.4, 0.5) is 0 Å². The number of unbranched alkanes of at least 4 members (excludes halogenated alkanes) is 2. The lowest BCUT2D eigenvalue weighted by atomic mass is 9.94. The Morgan fingerprint density at radius 3 is 2.47 bits per heavy atom. The smallest absolute Gasteiger partial charge is 0.257 e. The van der Waals surface area contributed by atoms with E-state index in [1.807, 2.05) is 6.08 Å². The van der Waals surface area contributed by atoms with Gasteiger partial charge in [0.1, 0.15) is 11.5 Å². The molecule has 0 aliphatic carbocycles. The van der Waals surface area contributed by atoms with Crippen molar-refractivity contribution in [3.63, 3.8) is 0 Å². The highest BCUT2D eigenvalue weighted by atomic mass is 16.3. The van der Waals surface area contributed by atoms with Crippen LogP contribution < -0.4 is 0 Å². The third kappa shape index (κ3) is 7.74. The van der Waals surface area contributed by atoms with E-state index in [-0.39, 0.29) is 17.4 Å². The number of likely N-dealkylation sites (N-methyl/N-ethyl adjacent to an activating group) is 1. The van der Waals surface area contributed by atoms with Gasteiger partial charge in [-0.05, 0) is 64.5 Å². The van der Waals surface area contributed by atoms with Gasteiger partial charge in [0.25, 0.3) is 5.91 Å². The number of rotatable bonds is 12. The van der Waals surface area contributed by atoms with Gasteiger partial charge >= 0.3 is 0 Å². The lowest BCUT2D eigenvalue weighted by Crippen LogP contribution is -2.28. The summed E-state index contributed by atoms with van der Waals surface area (Å²) in [5, 5.41) is 21.6. The third-order valence-electron chi connectivity index (χ3n) is 5.22. The molecule has 0 radical (unpaired) electrons. The molecule has 0 saturated carbocycles. The van der Waals surface area contributed by atoms with Gasteiger partial charge in [-0.3, -0.25) is 4.79 Å². The van der Waals surface area contributed by atoms with E-state index in [2.05, 4.69) is 40.3 Å². The second kappa shape index (κ2) is 12.9. The van der Waals surface area contributed by atoms with E-state index in [0.717, 1.165) is 32.1 Å². The first-order valence-corrected chi connectivity index (χ1v) is 10.9. The number of aromatic hydroxyl groups is 2. The maximum atomic E-state index is 13.0. The number of allylic oxidation sites excluding steroid dienone is 4. The fourth-order valence-electron chi connectivity index (χ4n) is 3.39. The average molecular weight is 414 g/mol. The molecule has 0 atom stereocenters. The largest absolute Gasteiger partial charge is 0.508 e. The van der Waals surface area contributed by atoms with Gasteiger partial charge in [0, 0.05) is 19.2 Å². The molecule has 4 nitrogen and oxygen atoms in total. The first-order valence-electron chi connectivity index (χ1n) is 10.9. The normalized spacial score (nSPS) is 11.3. The zero-order chi connectivity index (χ0) is 22.7. The number of nitrogens with zero attached hydrogens (tertiary/aromatic N) is 1. The summed E-state index contributed by atoms with van der Waals surface area (Å²) < 4.78 is 0. The van der Waals surface area contributed by atoms with E-state index in [0.29, 0.717) is 36.1 Å². The van der Waals surface area contributed by atoms with Crippen LogP contribution in [0.5, 0.6) is 11.5 Å². The second-order valence-electron chi connectivity index (χ2n) is 8.26. The van der Waals surface area contributed by atoms with Gasteiger partial charge in [-0.2, -0.15) is 0 Å². The summed E-state index contributed by atoms with van der Waals surface area (Å²) in [5.41, 5.74) is 3.90. The molecule has 1 rings (SSSR count). The van der Waals surface area contributed by atoms with Crippen molar-refractivity contribution in [1.29, 1.82) is 0 Å². The van der Waals surface area contributed by atoms with Crippen LogP contribution in [0.1, 0.15) is 81.3 Å². The first kappa shape index (κ1) is 25.5. The van der Waals surface area contributed by atoms with Gasteiger partial charge in [0.2, 0.25) is 0 Å². The molecule has 0 saturated heterocycles. The van der Waals surface area contributed by atoms with Crippen LogP contribution in [-0.2, 0) is 12.8 Å². The summed E-state index contributed by atoms with van der Waals surface area (Å²) in [6.45, 7) is 12.4. The number of aryl methyl sites for hydroxylation is 1. The SMILES string of the molecule is C=CCN(C)C(=O)c1c(CCCCC)cc(O)c(C/C=C(\C)CCC=C(C)C)c1O. The summed E-state index contributed by atoms with van der Waals surface area (Å²) in [5.74, 6) is -0.296. The minimum absolute atomic E-state index is 0.0512. The Kier molecular flexibility index (Phi) is 11.0. The molecule has 1 aromatic carbocycles. The minimum Gasteiger partial charge on any atom is -0.508 e. The molecule has 4 heteroatoms. The van der Waals surface area contributed by atoms with Crippen molar-refractivity contribution in [2.24, 2.45) is 0 Å². The lowest BCUT2D eigenvalue weighted by Gasteiger charge is -2.20. The number of carbonyl (C=O) groups excluding carboxylic acids is 1. The van der Waals surface area contributed by atoms with Gasteiger partial charge in [-0.1, -0.05) is 49.1 Å². The molecule has 0 aliphatic rings. The third-order valence-corrected chi connectivity index (χ3v) is 5.22. The van der Waals surface area contributed by atoms with Crippen LogP contribution >= 0.6 is 0 Å². The van der Waals surface area contributed by atoms with E-state index in [9.17, 15) is 15.0 Å². The topological polar surface area (TPSA) is 60.8 Å². The molecule has 1 aromatic rings. The second-order valence-corrected chi connectivity index (χ2v) is 8.26. The van der Waals surface area contributed by atoms with Gasteiger partial charge in [-0.15, -0.1) is 6.58 Å². The minimum atomic E-state index is -0.246. The lowest BCUT2D eigenvalue weighted by molar-refractivity contribution is 0.0806. The highest BCUT2D eigenvalue weighted by Gasteiger charge is 2.24. The Bertz CT molecular complexity index is 786. The molecule has 0 spiro atoms. The summed E-state index contributed by atoms with van der Waals surface area (Å²) in [4.78, 5) is 14.6. The summed E-state index contributed by atoms with van der Waals surface area (Å²) in [6.07, 6.45) is 11.8. The molecule has 0 heterocycles. The van der Waals surface area contributed by atoms with Gasteiger partial charge in [0.15, 0.2) is 0 Å². The van der Waals surface area contributed by atoms with Gasteiger partial charge in [0.05, 0.1) is 5.56 Å². The predicted molar refractivity (Wildman–Crippen MR) is 126 cm³/mol. The zero-order valence-corrected chi connectivity index (χ0v) is 19.4.